The number of carbonyl (C=O) groups excluding carboxylic acids is 1. The smallest absolute Gasteiger partial charge is 0.255 e. The molecule has 3 rings (SSSR count). The lowest BCUT2D eigenvalue weighted by Crippen LogP contribution is -2.29. The normalized spacial score (nSPS) is 14.8. The molecule has 0 bridgehead atoms. The predicted molar refractivity (Wildman–Crippen MR) is 108 cm³/mol. The molecule has 150 valence electrons. The van der Waals surface area contributed by atoms with Crippen molar-refractivity contribution in [2.75, 3.05) is 26.7 Å². The number of hydrogen-bond donors (Lipinski definition) is 1. The molecule has 2 aromatic carbocycles. The topological polar surface area (TPSA) is 75.7 Å². The van der Waals surface area contributed by atoms with Crippen molar-refractivity contribution in [3.8, 4) is 5.75 Å². The minimum absolute atomic E-state index is 0.129. The zero-order valence-electron chi connectivity index (χ0n) is 16.1. The molecule has 7 heteroatoms. The molecule has 1 heterocycles. The first kappa shape index (κ1) is 20.4. The molecule has 0 radical (unpaired) electrons. The molecule has 1 fully saturated rings. The molecule has 2 aromatic rings. The Morgan fingerprint density at radius 3 is 2.50 bits per heavy atom. The van der Waals surface area contributed by atoms with Crippen LogP contribution in [-0.2, 0) is 16.4 Å². The Morgan fingerprint density at radius 1 is 1.11 bits per heavy atom. The van der Waals surface area contributed by atoms with Gasteiger partial charge in [-0.15, -0.1) is 0 Å². The van der Waals surface area contributed by atoms with Crippen LogP contribution in [0.15, 0.2) is 53.4 Å². The molecule has 0 saturated carbocycles. The van der Waals surface area contributed by atoms with Crippen molar-refractivity contribution in [1.29, 1.82) is 0 Å². The highest BCUT2D eigenvalue weighted by Crippen LogP contribution is 2.26. The van der Waals surface area contributed by atoms with E-state index in [0.717, 1.165) is 25.7 Å². The number of hydrogen-bond acceptors (Lipinski definition) is 4. The van der Waals surface area contributed by atoms with Gasteiger partial charge in [-0.05, 0) is 49.4 Å². The quantitative estimate of drug-likeness (QED) is 0.689. The van der Waals surface area contributed by atoms with Gasteiger partial charge in [0.15, 0.2) is 0 Å². The van der Waals surface area contributed by atoms with Crippen LogP contribution in [0.25, 0.3) is 0 Å². The molecule has 1 aliphatic rings. The lowest BCUT2D eigenvalue weighted by atomic mass is 10.1. The van der Waals surface area contributed by atoms with Crippen LogP contribution in [0.5, 0.6) is 5.75 Å². The van der Waals surface area contributed by atoms with Crippen LogP contribution >= 0.6 is 0 Å². The molecule has 0 aliphatic carbocycles. The third-order valence-corrected chi connectivity index (χ3v) is 6.78. The molecule has 1 N–H and O–H groups in total. The maximum absolute atomic E-state index is 12.8. The Bertz CT molecular complexity index is 907. The molecule has 1 aliphatic heterocycles. The van der Waals surface area contributed by atoms with Crippen LogP contribution in [-0.4, -0.2) is 45.4 Å². The largest absolute Gasteiger partial charge is 0.496 e. The SMILES string of the molecule is COc1ccc(S(=O)(=O)N2CCCC2)cc1C(=O)NCCCc1ccccc1. The molecule has 0 spiro atoms. The van der Waals surface area contributed by atoms with Gasteiger partial charge < -0.3 is 10.1 Å². The van der Waals surface area contributed by atoms with Crippen LogP contribution in [0, 0.1) is 0 Å². The van der Waals surface area contributed by atoms with Gasteiger partial charge in [-0.3, -0.25) is 4.79 Å². The maximum atomic E-state index is 12.8. The van der Waals surface area contributed by atoms with Gasteiger partial charge in [0.25, 0.3) is 5.91 Å². The fourth-order valence-electron chi connectivity index (χ4n) is 3.34. The van der Waals surface area contributed by atoms with E-state index in [1.54, 1.807) is 6.07 Å². The van der Waals surface area contributed by atoms with E-state index in [2.05, 4.69) is 17.4 Å². The number of ether oxygens (including phenoxy) is 1. The highest BCUT2D eigenvalue weighted by molar-refractivity contribution is 7.89. The summed E-state index contributed by atoms with van der Waals surface area (Å²) in [6, 6.07) is 14.5. The van der Waals surface area contributed by atoms with Gasteiger partial charge in [-0.1, -0.05) is 30.3 Å². The van der Waals surface area contributed by atoms with Gasteiger partial charge in [0.05, 0.1) is 17.6 Å². The first-order chi connectivity index (χ1) is 13.5. The summed E-state index contributed by atoms with van der Waals surface area (Å²) < 4.78 is 32.3. The number of amides is 1. The Kier molecular flexibility index (Phi) is 6.70. The van der Waals surface area contributed by atoms with Crippen LogP contribution in [0.2, 0.25) is 0 Å². The van der Waals surface area contributed by atoms with Crippen LogP contribution < -0.4 is 10.1 Å². The Hall–Kier alpha value is -2.38. The minimum atomic E-state index is -3.58. The van der Waals surface area contributed by atoms with Gasteiger partial charge >= 0.3 is 0 Å². The summed E-state index contributed by atoms with van der Waals surface area (Å²) in [5.74, 6) is 0.0318. The number of nitrogens with zero attached hydrogens (tertiary/aromatic N) is 1. The van der Waals surface area contributed by atoms with E-state index >= 15 is 0 Å². The molecule has 0 unspecified atom stereocenters. The fraction of sp³-hybridized carbons (Fsp3) is 0.381. The lowest BCUT2D eigenvalue weighted by Gasteiger charge is -2.17. The number of sulfonamides is 1. The zero-order valence-corrected chi connectivity index (χ0v) is 16.9. The average molecular weight is 403 g/mol. The third kappa shape index (κ3) is 4.72. The Labute approximate surface area is 166 Å². The first-order valence-corrected chi connectivity index (χ1v) is 11.0. The van der Waals surface area contributed by atoms with Gasteiger partial charge in [0.1, 0.15) is 5.75 Å². The van der Waals surface area contributed by atoms with E-state index in [-0.39, 0.29) is 16.4 Å². The van der Waals surface area contributed by atoms with Crippen molar-refractivity contribution >= 4 is 15.9 Å². The molecular formula is C21H26N2O4S. The minimum Gasteiger partial charge on any atom is -0.496 e. The number of carbonyl (C=O) groups is 1. The second-order valence-electron chi connectivity index (χ2n) is 6.82. The summed E-state index contributed by atoms with van der Waals surface area (Å²) in [5.41, 5.74) is 1.45. The van der Waals surface area contributed by atoms with Crippen molar-refractivity contribution in [2.45, 2.75) is 30.6 Å². The number of methoxy groups -OCH3 is 1. The van der Waals surface area contributed by atoms with E-state index in [0.29, 0.717) is 25.4 Å². The highest BCUT2D eigenvalue weighted by Gasteiger charge is 2.28. The van der Waals surface area contributed by atoms with Gasteiger partial charge in [-0.2, -0.15) is 4.31 Å². The molecule has 1 amide bonds. The van der Waals surface area contributed by atoms with Gasteiger partial charge in [0.2, 0.25) is 10.0 Å². The van der Waals surface area contributed by atoms with E-state index in [4.69, 9.17) is 4.74 Å². The standard InChI is InChI=1S/C21H26N2O4S/c1-27-20-12-11-18(28(25,26)23-14-5-6-15-23)16-19(20)21(24)22-13-7-10-17-8-3-2-4-9-17/h2-4,8-9,11-12,16H,5-7,10,13-15H2,1H3,(H,22,24). The summed E-state index contributed by atoms with van der Waals surface area (Å²) >= 11 is 0. The predicted octanol–water partition coefficient (Wildman–Crippen LogP) is 2.84. The van der Waals surface area contributed by atoms with E-state index in [1.165, 1.54) is 29.1 Å². The van der Waals surface area contributed by atoms with E-state index in [9.17, 15) is 13.2 Å². The van der Waals surface area contributed by atoms with Crippen molar-refractivity contribution < 1.29 is 17.9 Å². The molecule has 0 aromatic heterocycles. The van der Waals surface area contributed by atoms with E-state index < -0.39 is 10.0 Å². The number of nitrogens with one attached hydrogen (secondary N) is 1. The molecular weight excluding hydrogens is 376 g/mol. The lowest BCUT2D eigenvalue weighted by molar-refractivity contribution is 0.0950. The Balaban J connectivity index is 1.68. The summed E-state index contributed by atoms with van der Waals surface area (Å²) in [6.07, 6.45) is 3.39. The molecule has 28 heavy (non-hydrogen) atoms. The van der Waals surface area contributed by atoms with Crippen molar-refractivity contribution in [3.05, 3.63) is 59.7 Å². The zero-order chi connectivity index (χ0) is 20.0. The first-order valence-electron chi connectivity index (χ1n) is 9.52. The van der Waals surface area contributed by atoms with Crippen LogP contribution in [0.4, 0.5) is 0 Å². The van der Waals surface area contributed by atoms with Crippen LogP contribution in [0.1, 0.15) is 35.2 Å². The van der Waals surface area contributed by atoms with Crippen molar-refractivity contribution in [2.24, 2.45) is 0 Å². The average Bonchev–Trinajstić information content (AvgIpc) is 3.27. The Morgan fingerprint density at radius 2 is 1.82 bits per heavy atom. The number of rotatable bonds is 8. The van der Waals surface area contributed by atoms with E-state index in [1.807, 2.05) is 18.2 Å². The third-order valence-electron chi connectivity index (χ3n) is 4.89. The van der Waals surface area contributed by atoms with Crippen molar-refractivity contribution in [3.63, 3.8) is 0 Å². The monoisotopic (exact) mass is 402 g/mol. The second-order valence-corrected chi connectivity index (χ2v) is 8.76. The molecule has 1 saturated heterocycles. The molecule has 6 nitrogen and oxygen atoms in total. The summed E-state index contributed by atoms with van der Waals surface area (Å²) in [7, 11) is -2.11. The molecule has 0 atom stereocenters. The van der Waals surface area contributed by atoms with Crippen molar-refractivity contribution in [1.82, 2.24) is 9.62 Å². The maximum Gasteiger partial charge on any atom is 0.255 e. The number of aryl methyl sites for hydroxylation is 1. The second kappa shape index (κ2) is 9.21. The highest BCUT2D eigenvalue weighted by atomic mass is 32.2. The van der Waals surface area contributed by atoms with Gasteiger partial charge in [-0.25, -0.2) is 8.42 Å². The van der Waals surface area contributed by atoms with Gasteiger partial charge in [0, 0.05) is 19.6 Å². The summed E-state index contributed by atoms with van der Waals surface area (Å²) in [5, 5.41) is 2.86. The van der Waals surface area contributed by atoms with Crippen LogP contribution in [0.3, 0.4) is 0 Å². The fourth-order valence-corrected chi connectivity index (χ4v) is 4.88. The number of benzene rings is 2. The summed E-state index contributed by atoms with van der Waals surface area (Å²) in [6.45, 7) is 1.55. The summed E-state index contributed by atoms with van der Waals surface area (Å²) in [4.78, 5) is 12.8.